The summed E-state index contributed by atoms with van der Waals surface area (Å²) < 4.78 is 10.6. The number of phenols is 2. The lowest BCUT2D eigenvalue weighted by molar-refractivity contribution is 0.111. The zero-order chi connectivity index (χ0) is 15.9. The molecule has 6 nitrogen and oxygen atoms in total. The lowest BCUT2D eigenvalue weighted by atomic mass is 10.2. The van der Waals surface area contributed by atoms with Crippen LogP contribution < -0.4 is 9.47 Å². The molecule has 0 radical (unpaired) electrons. The molecule has 0 aliphatic rings. The summed E-state index contributed by atoms with van der Waals surface area (Å²) >= 11 is 0. The van der Waals surface area contributed by atoms with Crippen molar-refractivity contribution in [3.63, 3.8) is 0 Å². The van der Waals surface area contributed by atoms with E-state index < -0.39 is 0 Å². The van der Waals surface area contributed by atoms with Crippen LogP contribution in [-0.4, -0.2) is 36.0 Å². The first kappa shape index (κ1) is 15.4. The average molecular weight is 302 g/mol. The highest BCUT2D eigenvalue weighted by Gasteiger charge is 2.06. The fraction of sp³-hybridized carbons (Fsp3) is 0.125. The van der Waals surface area contributed by atoms with Crippen LogP contribution >= 0.6 is 0 Å². The Hall–Kier alpha value is -3.02. The van der Waals surface area contributed by atoms with Gasteiger partial charge in [0, 0.05) is 11.1 Å². The van der Waals surface area contributed by atoms with Crippen LogP contribution in [0.15, 0.2) is 36.4 Å². The second kappa shape index (κ2) is 7.12. The van der Waals surface area contributed by atoms with Gasteiger partial charge >= 0.3 is 0 Å². The highest BCUT2D eigenvalue weighted by Crippen LogP contribution is 2.27. The quantitative estimate of drug-likeness (QED) is 0.601. The van der Waals surface area contributed by atoms with Crippen LogP contribution in [0.25, 0.3) is 0 Å². The first-order chi connectivity index (χ1) is 10.6. The fourth-order valence-corrected chi connectivity index (χ4v) is 1.74. The maximum atomic E-state index is 10.7. The summed E-state index contributed by atoms with van der Waals surface area (Å²) in [6.07, 6.45) is 1.29. The molecule has 0 aliphatic heterocycles. The number of carbonyl (C=O) groups is 2. The molecule has 0 bridgehead atoms. The Morgan fingerprint density at radius 2 is 1.18 bits per heavy atom. The van der Waals surface area contributed by atoms with Crippen molar-refractivity contribution in [3.8, 4) is 23.0 Å². The number of hydrogen-bond acceptors (Lipinski definition) is 6. The number of benzene rings is 2. The number of rotatable bonds is 7. The van der Waals surface area contributed by atoms with Crippen LogP contribution in [0.2, 0.25) is 0 Å². The molecule has 6 heteroatoms. The minimum atomic E-state index is -0.0867. The van der Waals surface area contributed by atoms with Gasteiger partial charge in [0.15, 0.2) is 23.0 Å². The van der Waals surface area contributed by atoms with Crippen molar-refractivity contribution in [2.75, 3.05) is 13.2 Å². The van der Waals surface area contributed by atoms with E-state index in [0.717, 1.165) is 0 Å². The monoisotopic (exact) mass is 302 g/mol. The topological polar surface area (TPSA) is 93.1 Å². The summed E-state index contributed by atoms with van der Waals surface area (Å²) in [6.45, 7) is 0.168. The Morgan fingerprint density at radius 3 is 1.55 bits per heavy atom. The van der Waals surface area contributed by atoms with Crippen molar-refractivity contribution < 1.29 is 29.3 Å². The van der Waals surface area contributed by atoms with Crippen molar-refractivity contribution in [1.82, 2.24) is 0 Å². The summed E-state index contributed by atoms with van der Waals surface area (Å²) in [4.78, 5) is 21.3. The Balaban J connectivity index is 1.92. The summed E-state index contributed by atoms with van der Waals surface area (Å²) in [7, 11) is 0. The minimum absolute atomic E-state index is 0.0840. The predicted molar refractivity (Wildman–Crippen MR) is 78.0 cm³/mol. The van der Waals surface area contributed by atoms with E-state index in [2.05, 4.69) is 0 Å². The number of phenolic OH excluding ortho intramolecular Hbond substituents is 2. The highest BCUT2D eigenvalue weighted by atomic mass is 16.5. The van der Waals surface area contributed by atoms with Crippen LogP contribution in [0, 0.1) is 0 Å². The van der Waals surface area contributed by atoms with Crippen molar-refractivity contribution in [1.29, 1.82) is 0 Å². The zero-order valence-corrected chi connectivity index (χ0v) is 11.6. The number of aromatic hydroxyl groups is 2. The largest absolute Gasteiger partial charge is 0.504 e. The Labute approximate surface area is 126 Å². The first-order valence-electron chi connectivity index (χ1n) is 6.46. The van der Waals surface area contributed by atoms with Crippen molar-refractivity contribution in [2.24, 2.45) is 0 Å². The number of carbonyl (C=O) groups excluding carboxylic acids is 2. The van der Waals surface area contributed by atoms with Gasteiger partial charge in [-0.3, -0.25) is 9.59 Å². The Morgan fingerprint density at radius 1 is 0.773 bits per heavy atom. The van der Waals surface area contributed by atoms with Gasteiger partial charge in [-0.1, -0.05) is 0 Å². The van der Waals surface area contributed by atoms with Crippen LogP contribution in [0.4, 0.5) is 0 Å². The highest BCUT2D eigenvalue weighted by molar-refractivity contribution is 5.76. The van der Waals surface area contributed by atoms with Gasteiger partial charge < -0.3 is 19.7 Å². The molecule has 0 aromatic heterocycles. The van der Waals surface area contributed by atoms with E-state index in [9.17, 15) is 19.8 Å². The van der Waals surface area contributed by atoms with Crippen LogP contribution in [0.3, 0.4) is 0 Å². The third kappa shape index (κ3) is 3.76. The molecule has 0 fully saturated rings. The average Bonchev–Trinajstić information content (AvgIpc) is 2.54. The number of ether oxygens (including phenoxy) is 2. The molecule has 22 heavy (non-hydrogen) atoms. The molecular formula is C16H14O6. The standard InChI is InChI=1S/C16H14O6/c17-9-11-1-3-13(19)15(7-11)21-5-6-22-16-8-12(10-18)2-4-14(16)20/h1-4,7-10,19-20H,5-6H2. The van der Waals surface area contributed by atoms with E-state index in [1.54, 1.807) is 0 Å². The Bertz CT molecular complexity index is 621. The van der Waals surface area contributed by atoms with E-state index in [1.165, 1.54) is 36.4 Å². The fourth-order valence-electron chi connectivity index (χ4n) is 1.74. The molecule has 2 aromatic carbocycles. The van der Waals surface area contributed by atoms with Gasteiger partial charge in [0.25, 0.3) is 0 Å². The molecule has 0 atom stereocenters. The summed E-state index contributed by atoms with van der Waals surface area (Å²) in [5, 5.41) is 19.2. The van der Waals surface area contributed by atoms with Gasteiger partial charge in [-0.15, -0.1) is 0 Å². The molecule has 0 unspecified atom stereocenters. The molecule has 2 rings (SSSR count). The zero-order valence-electron chi connectivity index (χ0n) is 11.6. The van der Waals surface area contributed by atoms with Gasteiger partial charge in [-0.05, 0) is 36.4 Å². The molecular weight excluding hydrogens is 288 g/mol. The molecule has 2 N–H and O–H groups in total. The molecule has 0 spiro atoms. The van der Waals surface area contributed by atoms with Crippen molar-refractivity contribution in [2.45, 2.75) is 0 Å². The van der Waals surface area contributed by atoms with Crippen LogP contribution in [0.5, 0.6) is 23.0 Å². The Kier molecular flexibility index (Phi) is 4.98. The molecule has 2 aromatic rings. The minimum Gasteiger partial charge on any atom is -0.504 e. The van der Waals surface area contributed by atoms with Gasteiger partial charge in [-0.25, -0.2) is 0 Å². The lowest BCUT2D eigenvalue weighted by Gasteiger charge is -2.11. The SMILES string of the molecule is O=Cc1ccc(O)c(OCCOc2cc(C=O)ccc2O)c1. The molecule has 0 saturated carbocycles. The number of hydrogen-bond donors (Lipinski definition) is 2. The van der Waals surface area contributed by atoms with Gasteiger partial charge in [-0.2, -0.15) is 0 Å². The van der Waals surface area contributed by atoms with E-state index in [-0.39, 0.29) is 36.2 Å². The molecule has 0 heterocycles. The third-order valence-electron chi connectivity index (χ3n) is 2.84. The normalized spacial score (nSPS) is 10.0. The third-order valence-corrected chi connectivity index (χ3v) is 2.84. The molecule has 0 amide bonds. The van der Waals surface area contributed by atoms with Gasteiger partial charge in [0.05, 0.1) is 0 Å². The van der Waals surface area contributed by atoms with E-state index in [0.29, 0.717) is 23.7 Å². The lowest BCUT2D eigenvalue weighted by Crippen LogP contribution is -2.09. The van der Waals surface area contributed by atoms with E-state index >= 15 is 0 Å². The van der Waals surface area contributed by atoms with E-state index in [1.807, 2.05) is 0 Å². The smallest absolute Gasteiger partial charge is 0.161 e. The predicted octanol–water partition coefficient (Wildman–Crippen LogP) is 2.18. The van der Waals surface area contributed by atoms with Crippen LogP contribution in [0.1, 0.15) is 20.7 Å². The van der Waals surface area contributed by atoms with E-state index in [4.69, 9.17) is 9.47 Å². The molecule has 0 saturated heterocycles. The first-order valence-corrected chi connectivity index (χ1v) is 6.46. The maximum Gasteiger partial charge on any atom is 0.161 e. The second-order valence-corrected chi connectivity index (χ2v) is 4.39. The maximum absolute atomic E-state index is 10.7. The van der Waals surface area contributed by atoms with Crippen molar-refractivity contribution >= 4 is 12.6 Å². The van der Waals surface area contributed by atoms with Gasteiger partial charge in [0.2, 0.25) is 0 Å². The van der Waals surface area contributed by atoms with Gasteiger partial charge in [0.1, 0.15) is 25.8 Å². The number of aldehydes is 2. The second-order valence-electron chi connectivity index (χ2n) is 4.39. The molecule has 114 valence electrons. The summed E-state index contributed by atoms with van der Waals surface area (Å²) in [5.74, 6) is 0.158. The summed E-state index contributed by atoms with van der Waals surface area (Å²) in [5.41, 5.74) is 0.759. The van der Waals surface area contributed by atoms with Crippen LogP contribution in [-0.2, 0) is 0 Å². The summed E-state index contributed by atoms with van der Waals surface area (Å²) in [6, 6.07) is 8.47. The molecule has 0 aliphatic carbocycles. The van der Waals surface area contributed by atoms with Crippen molar-refractivity contribution in [3.05, 3.63) is 47.5 Å².